The average molecular weight is 665 g/mol. The molecule has 8 aromatic carbocycles. The Kier molecular flexibility index (Phi) is 5.47. The molecule has 12 rings (SSSR count). The summed E-state index contributed by atoms with van der Waals surface area (Å²) in [4.78, 5) is 0. The smallest absolute Gasteiger partial charge is 0.137 e. The number of aromatic nitrogens is 2. The van der Waals surface area contributed by atoms with Crippen LogP contribution in [0.3, 0.4) is 0 Å². The molecule has 0 N–H and O–H groups in total. The SMILES string of the molecule is c1ccc2c(c1)oc1ccc3c4ccccc4n(-c4ccc(-c5ccc(-n6c7ccccc7c7ccc8oc9ccccc9c8c76)cc5)cc4)c3c12. The molecule has 4 heteroatoms. The van der Waals surface area contributed by atoms with Gasteiger partial charge in [0.25, 0.3) is 0 Å². The molecule has 0 unspecified atom stereocenters. The van der Waals surface area contributed by atoms with Gasteiger partial charge in [-0.1, -0.05) is 97.1 Å². The molecule has 4 heterocycles. The second-order valence-electron chi connectivity index (χ2n) is 13.7. The third-order valence-electron chi connectivity index (χ3n) is 10.9. The van der Waals surface area contributed by atoms with Crippen LogP contribution in [-0.2, 0) is 0 Å². The van der Waals surface area contributed by atoms with Gasteiger partial charge in [-0.2, -0.15) is 0 Å². The molecule has 4 nitrogen and oxygen atoms in total. The van der Waals surface area contributed by atoms with Crippen molar-refractivity contribution >= 4 is 87.5 Å². The summed E-state index contributed by atoms with van der Waals surface area (Å²) < 4.78 is 17.4. The van der Waals surface area contributed by atoms with Gasteiger partial charge in [0.15, 0.2) is 0 Å². The number of rotatable bonds is 3. The van der Waals surface area contributed by atoms with Crippen molar-refractivity contribution in [3.63, 3.8) is 0 Å². The van der Waals surface area contributed by atoms with Crippen molar-refractivity contribution in [2.24, 2.45) is 0 Å². The second-order valence-corrected chi connectivity index (χ2v) is 13.7. The number of nitrogens with zero attached hydrogens (tertiary/aromatic N) is 2. The van der Waals surface area contributed by atoms with Gasteiger partial charge in [0.2, 0.25) is 0 Å². The third kappa shape index (κ3) is 3.70. The van der Waals surface area contributed by atoms with E-state index in [4.69, 9.17) is 8.83 Å². The lowest BCUT2D eigenvalue weighted by Crippen LogP contribution is -1.95. The first-order chi connectivity index (χ1) is 25.8. The monoisotopic (exact) mass is 664 g/mol. The maximum Gasteiger partial charge on any atom is 0.137 e. The van der Waals surface area contributed by atoms with Crippen LogP contribution in [0, 0.1) is 0 Å². The van der Waals surface area contributed by atoms with E-state index < -0.39 is 0 Å². The average Bonchev–Trinajstić information content (AvgIpc) is 3.95. The summed E-state index contributed by atoms with van der Waals surface area (Å²) >= 11 is 0. The van der Waals surface area contributed by atoms with Crippen molar-refractivity contribution in [1.82, 2.24) is 9.13 Å². The highest BCUT2D eigenvalue weighted by Crippen LogP contribution is 2.43. The van der Waals surface area contributed by atoms with Crippen LogP contribution in [0.15, 0.2) is 179 Å². The molecule has 0 atom stereocenters. The highest BCUT2D eigenvalue weighted by Gasteiger charge is 2.20. The van der Waals surface area contributed by atoms with Crippen LogP contribution in [0.5, 0.6) is 0 Å². The predicted molar refractivity (Wildman–Crippen MR) is 215 cm³/mol. The fraction of sp³-hybridized carbons (Fsp3) is 0. The van der Waals surface area contributed by atoms with Crippen LogP contribution in [0.25, 0.3) is 110 Å². The van der Waals surface area contributed by atoms with E-state index in [0.29, 0.717) is 0 Å². The van der Waals surface area contributed by atoms with Crippen LogP contribution < -0.4 is 0 Å². The summed E-state index contributed by atoms with van der Waals surface area (Å²) in [5, 5.41) is 9.47. The number of para-hydroxylation sites is 4. The molecular weight excluding hydrogens is 637 g/mol. The zero-order chi connectivity index (χ0) is 33.9. The highest BCUT2D eigenvalue weighted by molar-refractivity contribution is 6.25. The maximum absolute atomic E-state index is 6.32. The maximum atomic E-state index is 6.32. The first-order valence-electron chi connectivity index (χ1n) is 17.7. The van der Waals surface area contributed by atoms with Gasteiger partial charge in [-0.25, -0.2) is 0 Å². The normalized spacial score (nSPS) is 12.2. The Morgan fingerprint density at radius 2 is 0.673 bits per heavy atom. The van der Waals surface area contributed by atoms with Crippen molar-refractivity contribution in [1.29, 1.82) is 0 Å². The summed E-state index contributed by atoms with van der Waals surface area (Å²) in [6.45, 7) is 0. The minimum absolute atomic E-state index is 0.902. The van der Waals surface area contributed by atoms with Gasteiger partial charge in [-0.05, 0) is 83.9 Å². The molecule has 0 saturated heterocycles. The van der Waals surface area contributed by atoms with Gasteiger partial charge >= 0.3 is 0 Å². The largest absolute Gasteiger partial charge is 0.456 e. The lowest BCUT2D eigenvalue weighted by atomic mass is 10.0. The van der Waals surface area contributed by atoms with Crippen LogP contribution in [0.4, 0.5) is 0 Å². The first kappa shape index (κ1) is 27.7. The Morgan fingerprint density at radius 3 is 1.12 bits per heavy atom. The first-order valence-corrected chi connectivity index (χ1v) is 17.7. The molecule has 0 spiro atoms. The van der Waals surface area contributed by atoms with Gasteiger partial charge in [0.1, 0.15) is 22.3 Å². The van der Waals surface area contributed by atoms with Gasteiger partial charge in [-0.15, -0.1) is 0 Å². The lowest BCUT2D eigenvalue weighted by molar-refractivity contribution is 0.669. The topological polar surface area (TPSA) is 36.1 Å². The minimum Gasteiger partial charge on any atom is -0.456 e. The molecule has 0 radical (unpaired) electrons. The number of hydrogen-bond acceptors (Lipinski definition) is 2. The van der Waals surface area contributed by atoms with Crippen molar-refractivity contribution in [3.8, 4) is 22.5 Å². The predicted octanol–water partition coefficient (Wildman–Crippen LogP) is 13.3. The fourth-order valence-corrected chi connectivity index (χ4v) is 8.67. The molecule has 52 heavy (non-hydrogen) atoms. The molecule has 0 aliphatic carbocycles. The zero-order valence-corrected chi connectivity index (χ0v) is 27.9. The Morgan fingerprint density at radius 1 is 0.288 bits per heavy atom. The standard InChI is InChI=1S/C48H28N2O2/c1-5-13-39-33(9-1)35-25-27-43-45(37-11-3-7-15-41(37)51-43)47(35)49(39)31-21-17-29(18-22-31)30-19-23-32(24-20-30)50-40-14-6-2-10-34(40)36-26-28-44-46(48(36)50)38-12-4-8-16-42(38)52-44/h1-28H. The summed E-state index contributed by atoms with van der Waals surface area (Å²) in [6.07, 6.45) is 0. The molecule has 0 bridgehead atoms. The second kappa shape index (κ2) is 10.3. The van der Waals surface area contributed by atoms with Crippen LogP contribution in [0.2, 0.25) is 0 Å². The molecule has 4 aromatic heterocycles. The van der Waals surface area contributed by atoms with Crippen molar-refractivity contribution in [2.75, 3.05) is 0 Å². The minimum atomic E-state index is 0.902. The quantitative estimate of drug-likeness (QED) is 0.188. The van der Waals surface area contributed by atoms with E-state index in [1.54, 1.807) is 0 Å². The van der Waals surface area contributed by atoms with E-state index in [1.807, 2.05) is 12.1 Å². The van der Waals surface area contributed by atoms with Crippen LogP contribution >= 0.6 is 0 Å². The van der Waals surface area contributed by atoms with Gasteiger partial charge in [-0.3, -0.25) is 0 Å². The Balaban J connectivity index is 1.01. The Labute approximate surface area is 296 Å². The lowest BCUT2D eigenvalue weighted by Gasteiger charge is -2.12. The van der Waals surface area contributed by atoms with Gasteiger partial charge in [0, 0.05) is 43.7 Å². The molecule has 12 aromatic rings. The highest BCUT2D eigenvalue weighted by atomic mass is 16.3. The third-order valence-corrected chi connectivity index (χ3v) is 10.9. The summed E-state index contributed by atoms with van der Waals surface area (Å²) in [5.41, 5.74) is 12.9. The summed E-state index contributed by atoms with van der Waals surface area (Å²) in [7, 11) is 0. The van der Waals surface area contributed by atoms with E-state index in [2.05, 4.69) is 167 Å². The number of furan rings is 2. The molecule has 0 saturated carbocycles. The molecule has 0 aliphatic heterocycles. The van der Waals surface area contributed by atoms with E-state index in [1.165, 1.54) is 54.7 Å². The van der Waals surface area contributed by atoms with Gasteiger partial charge in [0.05, 0.1) is 32.8 Å². The molecular formula is C48H28N2O2. The van der Waals surface area contributed by atoms with Crippen molar-refractivity contribution < 1.29 is 8.83 Å². The van der Waals surface area contributed by atoms with E-state index in [0.717, 1.165) is 55.3 Å². The van der Waals surface area contributed by atoms with E-state index in [-0.39, 0.29) is 0 Å². The zero-order valence-electron chi connectivity index (χ0n) is 27.9. The van der Waals surface area contributed by atoms with Crippen LogP contribution in [0.1, 0.15) is 0 Å². The number of benzene rings is 8. The molecule has 0 amide bonds. The fourth-order valence-electron chi connectivity index (χ4n) is 8.67. The van der Waals surface area contributed by atoms with E-state index in [9.17, 15) is 0 Å². The van der Waals surface area contributed by atoms with Crippen LogP contribution in [-0.4, -0.2) is 9.13 Å². The molecule has 0 fully saturated rings. The van der Waals surface area contributed by atoms with Crippen molar-refractivity contribution in [3.05, 3.63) is 170 Å². The molecule has 242 valence electrons. The Bertz CT molecular complexity index is 3160. The molecule has 0 aliphatic rings. The van der Waals surface area contributed by atoms with Gasteiger partial charge < -0.3 is 18.0 Å². The summed E-state index contributed by atoms with van der Waals surface area (Å²) in [6, 6.07) is 60.5. The number of hydrogen-bond donors (Lipinski definition) is 0. The number of fused-ring (bicyclic) bond motifs is 14. The van der Waals surface area contributed by atoms with E-state index >= 15 is 0 Å². The Hall–Kier alpha value is -7.04. The summed E-state index contributed by atoms with van der Waals surface area (Å²) in [5.74, 6) is 0. The van der Waals surface area contributed by atoms with Crippen molar-refractivity contribution in [2.45, 2.75) is 0 Å².